The summed E-state index contributed by atoms with van der Waals surface area (Å²) in [6.45, 7) is 8.87. The molecule has 4 rings (SSSR count). The molecule has 204 valence electrons. The predicted octanol–water partition coefficient (Wildman–Crippen LogP) is 3.02. The number of thiocarbonyl (C=S) groups is 1. The highest BCUT2D eigenvalue weighted by molar-refractivity contribution is 7.81. The summed E-state index contributed by atoms with van der Waals surface area (Å²) in [5, 5.41) is 9.18. The van der Waals surface area contributed by atoms with E-state index < -0.39 is 5.82 Å². The van der Waals surface area contributed by atoms with Gasteiger partial charge < -0.3 is 30.2 Å². The van der Waals surface area contributed by atoms with Crippen molar-refractivity contribution in [1.82, 2.24) is 20.5 Å². The highest BCUT2D eigenvalue weighted by atomic mass is 32.1. The van der Waals surface area contributed by atoms with Gasteiger partial charge in [0, 0.05) is 55.6 Å². The van der Waals surface area contributed by atoms with Gasteiger partial charge in [-0.3, -0.25) is 14.7 Å². The second-order valence-electron chi connectivity index (χ2n) is 9.67. The highest BCUT2D eigenvalue weighted by Gasteiger charge is 2.29. The van der Waals surface area contributed by atoms with Gasteiger partial charge in [-0.15, -0.1) is 0 Å². The number of anilines is 1. The maximum Gasteiger partial charge on any atom is 0.256 e. The predicted molar refractivity (Wildman–Crippen MR) is 147 cm³/mol. The molecule has 3 heterocycles. The van der Waals surface area contributed by atoms with Gasteiger partial charge in [0.2, 0.25) is 0 Å². The first-order valence-electron chi connectivity index (χ1n) is 12.6. The number of methoxy groups -OCH3 is 1. The van der Waals surface area contributed by atoms with Gasteiger partial charge in [0.05, 0.1) is 37.8 Å². The van der Waals surface area contributed by atoms with E-state index in [1.807, 2.05) is 6.07 Å². The second-order valence-corrected chi connectivity index (χ2v) is 10.1. The van der Waals surface area contributed by atoms with Gasteiger partial charge in [0.1, 0.15) is 17.3 Å². The number of aromatic nitrogens is 1. The number of pyridine rings is 1. The maximum atomic E-state index is 14.1. The summed E-state index contributed by atoms with van der Waals surface area (Å²) in [7, 11) is 1.38. The summed E-state index contributed by atoms with van der Waals surface area (Å²) in [5.74, 6) is -0.124. The van der Waals surface area contributed by atoms with Crippen molar-refractivity contribution in [3.8, 4) is 11.5 Å². The van der Waals surface area contributed by atoms with Crippen LogP contribution in [0.2, 0.25) is 0 Å². The first-order chi connectivity index (χ1) is 18.3. The molecule has 0 atom stereocenters. The molecule has 11 heteroatoms. The van der Waals surface area contributed by atoms with Crippen molar-refractivity contribution < 1.29 is 23.4 Å². The molecule has 2 aromatic rings. The molecule has 0 aliphatic carbocycles. The molecule has 1 amide bonds. The van der Waals surface area contributed by atoms with Crippen LogP contribution < -0.4 is 25.4 Å². The molecule has 3 N–H and O–H groups in total. The molecule has 1 saturated heterocycles. The fraction of sp³-hybridized carbons (Fsp3) is 0.444. The Bertz CT molecular complexity index is 1200. The molecule has 38 heavy (non-hydrogen) atoms. The van der Waals surface area contributed by atoms with Crippen molar-refractivity contribution in [3.05, 3.63) is 59.3 Å². The average molecular weight is 544 g/mol. The van der Waals surface area contributed by atoms with E-state index in [-0.39, 0.29) is 22.2 Å². The molecule has 1 aromatic carbocycles. The molecule has 0 bridgehead atoms. The molecular weight excluding hydrogens is 509 g/mol. The van der Waals surface area contributed by atoms with Crippen LogP contribution in [-0.2, 0) is 16.1 Å². The van der Waals surface area contributed by atoms with Crippen LogP contribution in [0, 0.1) is 5.82 Å². The van der Waals surface area contributed by atoms with Crippen molar-refractivity contribution in [2.75, 3.05) is 51.9 Å². The smallest absolute Gasteiger partial charge is 0.256 e. The number of hydrogen-bond donors (Lipinski definition) is 3. The molecule has 2 aliphatic heterocycles. The number of morpholine rings is 1. The average Bonchev–Trinajstić information content (AvgIpc) is 2.92. The monoisotopic (exact) mass is 543 g/mol. The van der Waals surface area contributed by atoms with E-state index in [0.717, 1.165) is 31.9 Å². The number of nitrogens with one attached hydrogen (secondary N) is 3. The lowest BCUT2D eigenvalue weighted by Gasteiger charge is -2.40. The van der Waals surface area contributed by atoms with Gasteiger partial charge in [-0.25, -0.2) is 4.39 Å². The van der Waals surface area contributed by atoms with Gasteiger partial charge in [0.25, 0.3) is 5.91 Å². The summed E-state index contributed by atoms with van der Waals surface area (Å²) in [4.78, 5) is 19.6. The van der Waals surface area contributed by atoms with Crippen LogP contribution in [0.3, 0.4) is 0 Å². The fourth-order valence-electron chi connectivity index (χ4n) is 4.47. The number of carbonyl (C=O) groups is 1. The summed E-state index contributed by atoms with van der Waals surface area (Å²) >= 11 is 5.57. The second kappa shape index (κ2) is 12.5. The van der Waals surface area contributed by atoms with Crippen LogP contribution in [-0.4, -0.2) is 72.9 Å². The van der Waals surface area contributed by atoms with Crippen molar-refractivity contribution in [3.63, 3.8) is 0 Å². The summed E-state index contributed by atoms with van der Waals surface area (Å²) in [6, 6.07) is 6.37. The Morgan fingerprint density at radius 2 is 2.08 bits per heavy atom. The van der Waals surface area contributed by atoms with Gasteiger partial charge in [-0.05, 0) is 32.0 Å². The minimum atomic E-state index is -0.525. The van der Waals surface area contributed by atoms with Crippen LogP contribution in [0.4, 0.5) is 10.1 Å². The zero-order valence-electron chi connectivity index (χ0n) is 21.9. The Kier molecular flexibility index (Phi) is 9.13. The lowest BCUT2D eigenvalue weighted by molar-refractivity contribution is -0.117. The number of amides is 1. The van der Waals surface area contributed by atoms with Crippen molar-refractivity contribution in [2.45, 2.75) is 32.4 Å². The van der Waals surface area contributed by atoms with Crippen molar-refractivity contribution in [2.24, 2.45) is 0 Å². The lowest BCUT2D eigenvalue weighted by atomic mass is 10.0. The van der Waals surface area contributed by atoms with E-state index in [9.17, 15) is 9.18 Å². The van der Waals surface area contributed by atoms with E-state index in [0.29, 0.717) is 48.8 Å². The molecule has 1 aromatic heterocycles. The number of halogens is 1. The fourth-order valence-corrected chi connectivity index (χ4v) is 4.79. The number of ether oxygens (including phenoxy) is 3. The Hall–Kier alpha value is -3.28. The largest absolute Gasteiger partial charge is 0.492 e. The van der Waals surface area contributed by atoms with E-state index >= 15 is 0 Å². The van der Waals surface area contributed by atoms with Crippen molar-refractivity contribution >= 4 is 28.8 Å². The quantitative estimate of drug-likeness (QED) is 0.391. The molecule has 9 nitrogen and oxygen atoms in total. The molecule has 0 radical (unpaired) electrons. The summed E-state index contributed by atoms with van der Waals surface area (Å²) < 4.78 is 31.0. The first kappa shape index (κ1) is 27.7. The Labute approximate surface area is 227 Å². The third-order valence-electron chi connectivity index (χ3n) is 6.65. The van der Waals surface area contributed by atoms with E-state index in [1.165, 1.54) is 13.2 Å². The minimum Gasteiger partial charge on any atom is -0.492 e. The zero-order chi connectivity index (χ0) is 27.1. The molecule has 0 spiro atoms. The van der Waals surface area contributed by atoms with Gasteiger partial charge in [-0.2, -0.15) is 0 Å². The van der Waals surface area contributed by atoms with Gasteiger partial charge in [0.15, 0.2) is 11.6 Å². The number of para-hydroxylation sites is 1. The minimum absolute atomic E-state index is 0.0276. The van der Waals surface area contributed by atoms with E-state index in [4.69, 9.17) is 26.4 Å². The standard InChI is InChI=1S/C27H34FN5O4S/c1-27(2,33-11-13-36-14-12-33)17-37-22-16-29-9-7-18(22)15-31-20-8-10-30-25(34)23(20)26(38)32-21-6-4-5-19(28)24(21)35-3/h4-7,9,16,31H,8,10-15,17H2,1-3H3,(H,30,34)(H,32,38). The normalized spacial score (nSPS) is 16.6. The van der Waals surface area contributed by atoms with Crippen molar-refractivity contribution in [1.29, 1.82) is 0 Å². The first-order valence-corrected chi connectivity index (χ1v) is 13.0. The van der Waals surface area contributed by atoms with Gasteiger partial charge in [-0.1, -0.05) is 18.3 Å². The van der Waals surface area contributed by atoms with Crippen LogP contribution in [0.25, 0.3) is 0 Å². The molecule has 2 aliphatic rings. The SMILES string of the molecule is COc1c(F)cccc1NC(=S)C1=C(NCc2ccncc2OCC(C)(C)N2CCOCC2)CCNC1=O. The summed E-state index contributed by atoms with van der Waals surface area (Å²) in [6.07, 6.45) is 3.98. The van der Waals surface area contributed by atoms with Crippen LogP contribution in [0.15, 0.2) is 47.9 Å². The third kappa shape index (κ3) is 6.58. The number of nitrogens with zero attached hydrogens (tertiary/aromatic N) is 2. The van der Waals surface area contributed by atoms with Crippen LogP contribution in [0.1, 0.15) is 25.8 Å². The third-order valence-corrected chi connectivity index (χ3v) is 6.95. The van der Waals surface area contributed by atoms with E-state index in [1.54, 1.807) is 24.5 Å². The maximum absolute atomic E-state index is 14.1. The zero-order valence-corrected chi connectivity index (χ0v) is 22.8. The molecular formula is C27H34FN5O4S. The summed E-state index contributed by atoms with van der Waals surface area (Å²) in [5.41, 5.74) is 2.08. The number of hydrogen-bond acceptors (Lipinski definition) is 8. The number of benzene rings is 1. The molecule has 1 fully saturated rings. The number of rotatable bonds is 10. The Morgan fingerprint density at radius 3 is 2.84 bits per heavy atom. The van der Waals surface area contributed by atoms with Crippen LogP contribution >= 0.6 is 12.2 Å². The molecule has 0 unspecified atom stereocenters. The Morgan fingerprint density at radius 1 is 1.29 bits per heavy atom. The topological polar surface area (TPSA) is 97.0 Å². The Balaban J connectivity index is 1.47. The number of carbonyl (C=O) groups excluding carboxylic acids is 1. The molecule has 0 saturated carbocycles. The lowest BCUT2D eigenvalue weighted by Crippen LogP contribution is -2.53. The highest BCUT2D eigenvalue weighted by Crippen LogP contribution is 2.29. The van der Waals surface area contributed by atoms with Gasteiger partial charge >= 0.3 is 0 Å². The van der Waals surface area contributed by atoms with Crippen LogP contribution in [0.5, 0.6) is 11.5 Å². The van der Waals surface area contributed by atoms with E-state index in [2.05, 4.69) is 39.7 Å².